The second-order valence-electron chi connectivity index (χ2n) is 6.72. The maximum absolute atomic E-state index is 13.0. The van der Waals surface area contributed by atoms with Gasteiger partial charge in [-0.05, 0) is 68.1 Å². The Kier molecular flexibility index (Phi) is 6.54. The van der Waals surface area contributed by atoms with Gasteiger partial charge in [0.25, 0.3) is 0 Å². The van der Waals surface area contributed by atoms with Crippen LogP contribution < -0.4 is 9.62 Å². The summed E-state index contributed by atoms with van der Waals surface area (Å²) in [4.78, 5) is 13.0. The molecule has 0 aliphatic heterocycles. The van der Waals surface area contributed by atoms with E-state index in [0.717, 1.165) is 22.9 Å². The lowest BCUT2D eigenvalue weighted by Crippen LogP contribution is -2.47. The number of anilines is 2. The number of carbonyl (C=O) groups excluding carboxylic acids is 1. The fourth-order valence-electron chi connectivity index (χ4n) is 2.98. The second kappa shape index (κ2) is 8.31. The molecule has 0 saturated heterocycles. The van der Waals surface area contributed by atoms with E-state index in [1.54, 1.807) is 31.2 Å². The molecule has 0 aliphatic carbocycles. The number of hydrogen-bond acceptors (Lipinski definition) is 3. The first-order valence-corrected chi connectivity index (χ1v) is 10.9. The van der Waals surface area contributed by atoms with E-state index in [-0.39, 0.29) is 5.91 Å². The Balaban J connectivity index is 2.46. The van der Waals surface area contributed by atoms with Gasteiger partial charge in [0.05, 0.1) is 11.9 Å². The Morgan fingerprint density at radius 3 is 2.33 bits per heavy atom. The fraction of sp³-hybridized carbons (Fsp3) is 0.350. The molecule has 0 aromatic heterocycles. The van der Waals surface area contributed by atoms with Gasteiger partial charge in [-0.25, -0.2) is 8.42 Å². The molecule has 0 bridgehead atoms. The summed E-state index contributed by atoms with van der Waals surface area (Å²) in [5.74, 6) is -0.380. The first kappa shape index (κ1) is 21.3. The van der Waals surface area contributed by atoms with Gasteiger partial charge in [-0.15, -0.1) is 0 Å². The summed E-state index contributed by atoms with van der Waals surface area (Å²) in [5.41, 5.74) is 3.65. The van der Waals surface area contributed by atoms with Crippen LogP contribution >= 0.6 is 11.6 Å². The van der Waals surface area contributed by atoms with E-state index >= 15 is 0 Å². The highest BCUT2D eigenvalue weighted by atomic mass is 35.5. The monoisotopic (exact) mass is 408 g/mol. The predicted molar refractivity (Wildman–Crippen MR) is 112 cm³/mol. The van der Waals surface area contributed by atoms with E-state index in [4.69, 9.17) is 11.6 Å². The molecule has 7 heteroatoms. The molecular formula is C20H25ClN2O3S. The number of hydrogen-bond donors (Lipinski definition) is 1. The Morgan fingerprint density at radius 2 is 1.78 bits per heavy atom. The number of amides is 1. The molecule has 2 rings (SSSR count). The van der Waals surface area contributed by atoms with Crippen LogP contribution in [-0.2, 0) is 14.8 Å². The van der Waals surface area contributed by atoms with Crippen LogP contribution in [0.15, 0.2) is 36.4 Å². The SMILES string of the molecule is CC[C@@H](C(=O)Nc1ccc(Cl)cc1C)N(c1cc(C)ccc1C)S(C)(=O)=O. The molecule has 0 fully saturated rings. The Hall–Kier alpha value is -2.05. The number of halogens is 1. The largest absolute Gasteiger partial charge is 0.324 e. The second-order valence-corrected chi connectivity index (χ2v) is 9.02. The summed E-state index contributed by atoms with van der Waals surface area (Å²) in [5, 5.41) is 3.42. The van der Waals surface area contributed by atoms with Crippen molar-refractivity contribution in [2.24, 2.45) is 0 Å². The molecule has 27 heavy (non-hydrogen) atoms. The van der Waals surface area contributed by atoms with Crippen LogP contribution in [0.2, 0.25) is 5.02 Å². The van der Waals surface area contributed by atoms with E-state index < -0.39 is 16.1 Å². The number of nitrogens with zero attached hydrogens (tertiary/aromatic N) is 1. The van der Waals surface area contributed by atoms with Crippen molar-refractivity contribution >= 4 is 38.9 Å². The zero-order valence-electron chi connectivity index (χ0n) is 16.2. The first-order valence-electron chi connectivity index (χ1n) is 8.68. The van der Waals surface area contributed by atoms with Crippen LogP contribution in [-0.4, -0.2) is 26.6 Å². The topological polar surface area (TPSA) is 66.5 Å². The lowest BCUT2D eigenvalue weighted by atomic mass is 10.1. The van der Waals surface area contributed by atoms with Gasteiger partial charge >= 0.3 is 0 Å². The minimum atomic E-state index is -3.67. The summed E-state index contributed by atoms with van der Waals surface area (Å²) >= 11 is 5.97. The van der Waals surface area contributed by atoms with Gasteiger partial charge in [0.2, 0.25) is 15.9 Å². The van der Waals surface area contributed by atoms with Crippen LogP contribution in [0.3, 0.4) is 0 Å². The summed E-state index contributed by atoms with van der Waals surface area (Å²) in [6, 6.07) is 9.84. The Bertz CT molecular complexity index is 958. The average Bonchev–Trinajstić information content (AvgIpc) is 2.56. The van der Waals surface area contributed by atoms with Crippen molar-refractivity contribution in [2.45, 2.75) is 40.2 Å². The van der Waals surface area contributed by atoms with Gasteiger partial charge in [0.15, 0.2) is 0 Å². The Labute approximate surface area is 166 Å². The standard InChI is InChI=1S/C20H25ClN2O3S/c1-6-18(20(24)22-17-10-9-16(21)12-15(17)4)23(27(5,25)26)19-11-13(2)7-8-14(19)3/h7-12,18H,6H2,1-5H3,(H,22,24)/t18-/m0/s1. The highest BCUT2D eigenvalue weighted by Gasteiger charge is 2.32. The highest BCUT2D eigenvalue weighted by molar-refractivity contribution is 7.92. The van der Waals surface area contributed by atoms with Gasteiger partial charge in [0, 0.05) is 10.7 Å². The fourth-order valence-corrected chi connectivity index (χ4v) is 4.46. The quantitative estimate of drug-likeness (QED) is 0.767. The van der Waals surface area contributed by atoms with E-state index in [1.165, 1.54) is 4.31 Å². The van der Waals surface area contributed by atoms with Crippen molar-refractivity contribution in [1.29, 1.82) is 0 Å². The van der Waals surface area contributed by atoms with Gasteiger partial charge < -0.3 is 5.32 Å². The molecule has 0 unspecified atom stereocenters. The summed E-state index contributed by atoms with van der Waals surface area (Å²) in [6.45, 7) is 7.35. The lowest BCUT2D eigenvalue weighted by Gasteiger charge is -2.31. The molecule has 5 nitrogen and oxygen atoms in total. The molecule has 0 heterocycles. The third-order valence-electron chi connectivity index (χ3n) is 4.38. The summed E-state index contributed by atoms with van der Waals surface area (Å²) in [7, 11) is -3.67. The van der Waals surface area contributed by atoms with Crippen LogP contribution in [0.25, 0.3) is 0 Å². The maximum atomic E-state index is 13.0. The van der Waals surface area contributed by atoms with Crippen LogP contribution in [0, 0.1) is 20.8 Å². The van der Waals surface area contributed by atoms with Gasteiger partial charge in [-0.1, -0.05) is 30.7 Å². The van der Waals surface area contributed by atoms with Gasteiger partial charge in [-0.2, -0.15) is 0 Å². The molecule has 0 saturated carbocycles. The number of rotatable bonds is 6. The first-order chi connectivity index (χ1) is 12.5. The molecular weight excluding hydrogens is 384 g/mol. The molecule has 1 atom stereocenters. The Morgan fingerprint density at radius 1 is 1.11 bits per heavy atom. The molecule has 0 spiro atoms. The normalized spacial score (nSPS) is 12.5. The minimum Gasteiger partial charge on any atom is -0.324 e. The lowest BCUT2D eigenvalue weighted by molar-refractivity contribution is -0.117. The zero-order valence-corrected chi connectivity index (χ0v) is 17.8. The molecule has 0 radical (unpaired) electrons. The maximum Gasteiger partial charge on any atom is 0.248 e. The smallest absolute Gasteiger partial charge is 0.248 e. The van der Waals surface area contributed by atoms with Crippen molar-refractivity contribution < 1.29 is 13.2 Å². The van der Waals surface area contributed by atoms with Crippen LogP contribution in [0.4, 0.5) is 11.4 Å². The number of aryl methyl sites for hydroxylation is 3. The predicted octanol–water partition coefficient (Wildman–Crippen LogP) is 4.45. The van der Waals surface area contributed by atoms with Crippen molar-refractivity contribution in [1.82, 2.24) is 0 Å². The number of benzene rings is 2. The molecule has 146 valence electrons. The molecule has 2 aromatic carbocycles. The minimum absolute atomic E-state index is 0.332. The third kappa shape index (κ3) is 5.02. The summed E-state index contributed by atoms with van der Waals surface area (Å²) in [6.07, 6.45) is 1.46. The van der Waals surface area contributed by atoms with E-state index in [2.05, 4.69) is 5.32 Å². The number of nitrogens with one attached hydrogen (secondary N) is 1. The highest BCUT2D eigenvalue weighted by Crippen LogP contribution is 2.28. The van der Waals surface area contributed by atoms with Crippen molar-refractivity contribution in [3.63, 3.8) is 0 Å². The molecule has 0 aliphatic rings. The van der Waals surface area contributed by atoms with Crippen molar-refractivity contribution in [3.8, 4) is 0 Å². The molecule has 1 amide bonds. The number of carbonyl (C=O) groups is 1. The van der Waals surface area contributed by atoms with E-state index in [0.29, 0.717) is 22.8 Å². The van der Waals surface area contributed by atoms with Crippen LogP contribution in [0.5, 0.6) is 0 Å². The zero-order chi connectivity index (χ0) is 20.4. The summed E-state index contributed by atoms with van der Waals surface area (Å²) < 4.78 is 26.4. The van der Waals surface area contributed by atoms with E-state index in [1.807, 2.05) is 32.9 Å². The van der Waals surface area contributed by atoms with Crippen LogP contribution in [0.1, 0.15) is 30.0 Å². The van der Waals surface area contributed by atoms with E-state index in [9.17, 15) is 13.2 Å². The molecule has 1 N–H and O–H groups in total. The third-order valence-corrected chi connectivity index (χ3v) is 5.78. The number of sulfonamides is 1. The van der Waals surface area contributed by atoms with Gasteiger partial charge in [-0.3, -0.25) is 9.10 Å². The average molecular weight is 409 g/mol. The van der Waals surface area contributed by atoms with Crippen molar-refractivity contribution in [3.05, 3.63) is 58.1 Å². The molecule has 2 aromatic rings. The van der Waals surface area contributed by atoms with Crippen molar-refractivity contribution in [2.75, 3.05) is 15.9 Å². The van der Waals surface area contributed by atoms with Gasteiger partial charge in [0.1, 0.15) is 6.04 Å².